The average molecular weight is 429 g/mol. The second-order valence-electron chi connectivity index (χ2n) is 8.45. The number of anilines is 2. The van der Waals surface area contributed by atoms with Crippen LogP contribution in [0.3, 0.4) is 0 Å². The standard InChI is InChI=1S/C25H28N6O/c1-4-31-8-7-22(16-31)32-23-11-18(20-14-27-30(3)15-20)10-21(12-23)28-25-26-13-19-9-17(2)5-6-24(19)29-25/h5-6,9-15,22H,4,7-8,16H2,1-3H3,(H,26,28,29)/t22-/m1/s1. The molecule has 0 bridgehead atoms. The third-order valence-corrected chi connectivity index (χ3v) is 5.92. The van der Waals surface area contributed by atoms with Crippen molar-refractivity contribution in [2.45, 2.75) is 26.4 Å². The summed E-state index contributed by atoms with van der Waals surface area (Å²) in [4.78, 5) is 11.6. The Kier molecular flexibility index (Phi) is 5.49. The number of nitrogens with zero attached hydrogens (tertiary/aromatic N) is 5. The number of aryl methyl sites for hydroxylation is 2. The number of fused-ring (bicyclic) bond motifs is 1. The third-order valence-electron chi connectivity index (χ3n) is 5.92. The van der Waals surface area contributed by atoms with E-state index in [0.29, 0.717) is 5.95 Å². The van der Waals surface area contributed by atoms with Gasteiger partial charge in [0.1, 0.15) is 11.9 Å². The number of aromatic nitrogens is 4. The Hall–Kier alpha value is -3.45. The molecule has 4 aromatic rings. The normalized spacial score (nSPS) is 16.5. The van der Waals surface area contributed by atoms with Crippen LogP contribution in [0.4, 0.5) is 11.6 Å². The fourth-order valence-electron chi connectivity index (χ4n) is 4.19. The zero-order chi connectivity index (χ0) is 22.1. The van der Waals surface area contributed by atoms with Crippen LogP contribution < -0.4 is 10.1 Å². The van der Waals surface area contributed by atoms with Gasteiger partial charge in [-0.2, -0.15) is 5.10 Å². The van der Waals surface area contributed by atoms with E-state index in [1.165, 1.54) is 5.56 Å². The monoisotopic (exact) mass is 428 g/mol. The van der Waals surface area contributed by atoms with Crippen molar-refractivity contribution in [2.75, 3.05) is 25.0 Å². The number of hydrogen-bond donors (Lipinski definition) is 1. The van der Waals surface area contributed by atoms with Gasteiger partial charge in [0.25, 0.3) is 0 Å². The number of benzene rings is 2. The molecule has 2 aromatic carbocycles. The predicted octanol–water partition coefficient (Wildman–Crippen LogP) is 4.56. The van der Waals surface area contributed by atoms with Gasteiger partial charge in [-0.15, -0.1) is 0 Å². The van der Waals surface area contributed by atoms with Crippen molar-refractivity contribution < 1.29 is 4.74 Å². The lowest BCUT2D eigenvalue weighted by Crippen LogP contribution is -2.24. The molecular formula is C25H28N6O. The minimum atomic E-state index is 0.201. The molecule has 3 heterocycles. The summed E-state index contributed by atoms with van der Waals surface area (Å²) in [7, 11) is 1.92. The molecule has 0 radical (unpaired) electrons. The SMILES string of the molecule is CCN1CC[C@@H](Oc2cc(Nc3ncc4cc(C)ccc4n3)cc(-c3cnn(C)c3)c2)C1. The van der Waals surface area contributed by atoms with E-state index in [1.807, 2.05) is 37.8 Å². The highest BCUT2D eigenvalue weighted by Gasteiger charge is 2.23. The molecule has 1 aliphatic heterocycles. The Morgan fingerprint density at radius 1 is 1.12 bits per heavy atom. The molecule has 7 heteroatoms. The van der Waals surface area contributed by atoms with E-state index in [0.717, 1.165) is 59.5 Å². The van der Waals surface area contributed by atoms with E-state index in [1.54, 1.807) is 4.68 Å². The van der Waals surface area contributed by atoms with E-state index in [9.17, 15) is 0 Å². The van der Waals surface area contributed by atoms with Crippen molar-refractivity contribution >= 4 is 22.5 Å². The fourth-order valence-corrected chi connectivity index (χ4v) is 4.19. The lowest BCUT2D eigenvalue weighted by Gasteiger charge is -2.17. The van der Waals surface area contributed by atoms with Crippen molar-refractivity contribution in [3.8, 4) is 16.9 Å². The topological polar surface area (TPSA) is 68.1 Å². The van der Waals surface area contributed by atoms with E-state index in [-0.39, 0.29) is 6.10 Å². The second kappa shape index (κ2) is 8.59. The maximum absolute atomic E-state index is 6.39. The summed E-state index contributed by atoms with van der Waals surface area (Å²) in [5.74, 6) is 1.40. The highest BCUT2D eigenvalue weighted by Crippen LogP contribution is 2.31. The van der Waals surface area contributed by atoms with Crippen molar-refractivity contribution in [2.24, 2.45) is 7.05 Å². The van der Waals surface area contributed by atoms with Crippen LogP contribution in [0, 0.1) is 6.92 Å². The summed E-state index contributed by atoms with van der Waals surface area (Å²) in [5, 5.41) is 8.73. The first kappa shape index (κ1) is 20.5. The molecule has 1 aliphatic rings. The van der Waals surface area contributed by atoms with Gasteiger partial charge in [-0.1, -0.05) is 18.6 Å². The van der Waals surface area contributed by atoms with Crippen LogP contribution in [-0.4, -0.2) is 50.4 Å². The quantitative estimate of drug-likeness (QED) is 0.486. The molecule has 2 aromatic heterocycles. The van der Waals surface area contributed by atoms with Crippen LogP contribution in [0.1, 0.15) is 18.9 Å². The van der Waals surface area contributed by atoms with Gasteiger partial charge in [0.05, 0.1) is 11.7 Å². The van der Waals surface area contributed by atoms with Crippen LogP contribution >= 0.6 is 0 Å². The Morgan fingerprint density at radius 3 is 2.81 bits per heavy atom. The maximum atomic E-state index is 6.39. The molecule has 0 aliphatic carbocycles. The first-order chi connectivity index (χ1) is 15.6. The number of rotatable bonds is 6. The smallest absolute Gasteiger partial charge is 0.227 e. The third kappa shape index (κ3) is 4.43. The van der Waals surface area contributed by atoms with Gasteiger partial charge in [-0.25, -0.2) is 9.97 Å². The Labute approximate surface area is 188 Å². The lowest BCUT2D eigenvalue weighted by atomic mass is 10.1. The van der Waals surface area contributed by atoms with Crippen molar-refractivity contribution in [3.05, 3.63) is 60.6 Å². The van der Waals surface area contributed by atoms with E-state index < -0.39 is 0 Å². The molecule has 0 saturated carbocycles. The number of hydrogen-bond acceptors (Lipinski definition) is 6. The van der Waals surface area contributed by atoms with Gasteiger partial charge < -0.3 is 10.1 Å². The Balaban J connectivity index is 1.45. The molecule has 1 atom stereocenters. The first-order valence-corrected chi connectivity index (χ1v) is 11.1. The zero-order valence-electron chi connectivity index (χ0n) is 18.7. The predicted molar refractivity (Wildman–Crippen MR) is 127 cm³/mol. The largest absolute Gasteiger partial charge is 0.489 e. The highest BCUT2D eigenvalue weighted by molar-refractivity contribution is 5.80. The zero-order valence-corrected chi connectivity index (χ0v) is 18.7. The van der Waals surface area contributed by atoms with E-state index >= 15 is 0 Å². The Bertz CT molecular complexity index is 1250. The average Bonchev–Trinajstić information content (AvgIpc) is 3.42. The van der Waals surface area contributed by atoms with Crippen LogP contribution in [0.2, 0.25) is 0 Å². The van der Waals surface area contributed by atoms with Gasteiger partial charge in [0, 0.05) is 55.2 Å². The minimum absolute atomic E-state index is 0.201. The summed E-state index contributed by atoms with van der Waals surface area (Å²) in [6.07, 6.45) is 6.98. The van der Waals surface area contributed by atoms with Crippen molar-refractivity contribution in [1.29, 1.82) is 0 Å². The number of likely N-dealkylation sites (N-methyl/N-ethyl adjacent to an activating group) is 1. The second-order valence-corrected chi connectivity index (χ2v) is 8.45. The van der Waals surface area contributed by atoms with Gasteiger partial charge in [-0.05, 0) is 49.7 Å². The first-order valence-electron chi connectivity index (χ1n) is 11.1. The van der Waals surface area contributed by atoms with Crippen LogP contribution in [0.25, 0.3) is 22.0 Å². The van der Waals surface area contributed by atoms with Gasteiger partial charge in [-0.3, -0.25) is 9.58 Å². The minimum Gasteiger partial charge on any atom is -0.489 e. The fraction of sp³-hybridized carbons (Fsp3) is 0.320. The molecule has 164 valence electrons. The number of ether oxygens (including phenoxy) is 1. The van der Waals surface area contributed by atoms with Crippen molar-refractivity contribution in [3.63, 3.8) is 0 Å². The van der Waals surface area contributed by atoms with Gasteiger partial charge in [0.2, 0.25) is 5.95 Å². The highest BCUT2D eigenvalue weighted by atomic mass is 16.5. The van der Waals surface area contributed by atoms with E-state index in [2.05, 4.69) is 63.4 Å². The molecule has 32 heavy (non-hydrogen) atoms. The molecule has 1 fully saturated rings. The number of nitrogens with one attached hydrogen (secondary N) is 1. The molecule has 0 amide bonds. The van der Waals surface area contributed by atoms with Crippen LogP contribution in [-0.2, 0) is 7.05 Å². The van der Waals surface area contributed by atoms with Gasteiger partial charge >= 0.3 is 0 Å². The summed E-state index contributed by atoms with van der Waals surface area (Å²) in [6, 6.07) is 12.4. The van der Waals surface area contributed by atoms with Crippen LogP contribution in [0.15, 0.2) is 55.0 Å². The summed E-state index contributed by atoms with van der Waals surface area (Å²) in [6.45, 7) is 7.36. The van der Waals surface area contributed by atoms with Gasteiger partial charge in [0.15, 0.2) is 0 Å². The molecule has 0 spiro atoms. The molecule has 5 rings (SSSR count). The maximum Gasteiger partial charge on any atom is 0.227 e. The summed E-state index contributed by atoms with van der Waals surface area (Å²) in [5.41, 5.74) is 5.08. The van der Waals surface area contributed by atoms with Crippen molar-refractivity contribution in [1.82, 2.24) is 24.6 Å². The molecular weight excluding hydrogens is 400 g/mol. The molecule has 1 N–H and O–H groups in total. The molecule has 1 saturated heterocycles. The summed E-state index contributed by atoms with van der Waals surface area (Å²) < 4.78 is 8.19. The molecule has 7 nitrogen and oxygen atoms in total. The van der Waals surface area contributed by atoms with Crippen LogP contribution in [0.5, 0.6) is 5.75 Å². The Morgan fingerprint density at radius 2 is 2.03 bits per heavy atom. The number of likely N-dealkylation sites (tertiary alicyclic amines) is 1. The van der Waals surface area contributed by atoms with E-state index in [4.69, 9.17) is 4.74 Å². The summed E-state index contributed by atoms with van der Waals surface area (Å²) >= 11 is 0. The lowest BCUT2D eigenvalue weighted by molar-refractivity contribution is 0.202. The molecule has 0 unspecified atom stereocenters.